The summed E-state index contributed by atoms with van der Waals surface area (Å²) in [6.07, 6.45) is 2.25. The van der Waals surface area contributed by atoms with Gasteiger partial charge in [-0.25, -0.2) is 4.79 Å². The molecule has 0 amide bonds. The van der Waals surface area contributed by atoms with Crippen molar-refractivity contribution in [2.45, 2.75) is 25.4 Å². The number of rotatable bonds is 4. The SMILES string of the molecule is O=C(O)c1ccc(CN[C@@H]2CCCOC2)cc1. The average Bonchev–Trinajstić information content (AvgIpc) is 2.38. The van der Waals surface area contributed by atoms with Gasteiger partial charge < -0.3 is 15.2 Å². The summed E-state index contributed by atoms with van der Waals surface area (Å²) in [5.41, 5.74) is 1.43. The van der Waals surface area contributed by atoms with E-state index in [0.717, 1.165) is 38.2 Å². The molecule has 1 saturated heterocycles. The number of nitrogens with one attached hydrogen (secondary N) is 1. The largest absolute Gasteiger partial charge is 0.478 e. The Hall–Kier alpha value is -1.39. The number of carboxylic acids is 1. The van der Waals surface area contributed by atoms with E-state index in [1.165, 1.54) is 0 Å². The first-order valence-corrected chi connectivity index (χ1v) is 5.89. The fraction of sp³-hybridized carbons (Fsp3) is 0.462. The Morgan fingerprint density at radius 1 is 1.41 bits per heavy atom. The molecular formula is C13H17NO3. The second kappa shape index (κ2) is 5.80. The van der Waals surface area contributed by atoms with Crippen molar-refractivity contribution in [3.63, 3.8) is 0 Å². The summed E-state index contributed by atoms with van der Waals surface area (Å²) in [6, 6.07) is 7.39. The van der Waals surface area contributed by atoms with Gasteiger partial charge in [0, 0.05) is 19.2 Å². The van der Waals surface area contributed by atoms with Gasteiger partial charge in [-0.3, -0.25) is 0 Å². The van der Waals surface area contributed by atoms with Crippen molar-refractivity contribution >= 4 is 5.97 Å². The monoisotopic (exact) mass is 235 g/mol. The lowest BCUT2D eigenvalue weighted by atomic mass is 10.1. The van der Waals surface area contributed by atoms with Gasteiger partial charge in [0.1, 0.15) is 0 Å². The smallest absolute Gasteiger partial charge is 0.335 e. The molecule has 4 heteroatoms. The van der Waals surface area contributed by atoms with Crippen LogP contribution in [0.15, 0.2) is 24.3 Å². The highest BCUT2D eigenvalue weighted by Crippen LogP contribution is 2.08. The lowest BCUT2D eigenvalue weighted by Gasteiger charge is -2.23. The summed E-state index contributed by atoms with van der Waals surface area (Å²) >= 11 is 0. The molecule has 1 fully saturated rings. The number of benzene rings is 1. The minimum absolute atomic E-state index is 0.328. The van der Waals surface area contributed by atoms with Gasteiger partial charge in [0.2, 0.25) is 0 Å². The predicted molar refractivity (Wildman–Crippen MR) is 64.1 cm³/mol. The number of carbonyl (C=O) groups is 1. The minimum Gasteiger partial charge on any atom is -0.478 e. The Bertz CT molecular complexity index is 369. The summed E-state index contributed by atoms with van der Waals surface area (Å²) < 4.78 is 5.38. The maximum atomic E-state index is 10.7. The molecule has 1 aromatic carbocycles. The van der Waals surface area contributed by atoms with Crippen molar-refractivity contribution in [1.82, 2.24) is 5.32 Å². The van der Waals surface area contributed by atoms with Crippen molar-refractivity contribution in [3.05, 3.63) is 35.4 Å². The molecule has 0 bridgehead atoms. The second-order valence-corrected chi connectivity index (χ2v) is 4.30. The predicted octanol–water partition coefficient (Wildman–Crippen LogP) is 1.65. The normalized spacial score (nSPS) is 20.1. The van der Waals surface area contributed by atoms with E-state index in [0.29, 0.717) is 11.6 Å². The van der Waals surface area contributed by atoms with E-state index >= 15 is 0 Å². The lowest BCUT2D eigenvalue weighted by molar-refractivity contribution is 0.0697. The standard InChI is InChI=1S/C13H17NO3/c15-13(16)11-5-3-10(4-6-11)8-14-12-2-1-7-17-9-12/h3-6,12,14H,1-2,7-9H2,(H,15,16)/t12-/m1/s1. The first kappa shape index (κ1) is 12.1. The molecule has 1 aliphatic heterocycles. The summed E-state index contributed by atoms with van der Waals surface area (Å²) in [6.45, 7) is 2.40. The van der Waals surface area contributed by atoms with Crippen LogP contribution in [0.5, 0.6) is 0 Å². The highest BCUT2D eigenvalue weighted by atomic mass is 16.5. The average molecular weight is 235 g/mol. The van der Waals surface area contributed by atoms with Gasteiger partial charge in [0.25, 0.3) is 0 Å². The molecule has 1 aromatic rings. The van der Waals surface area contributed by atoms with Crippen LogP contribution in [0, 0.1) is 0 Å². The van der Waals surface area contributed by atoms with Crippen LogP contribution in [-0.2, 0) is 11.3 Å². The maximum Gasteiger partial charge on any atom is 0.335 e. The van der Waals surface area contributed by atoms with Gasteiger partial charge in [-0.2, -0.15) is 0 Å². The number of ether oxygens (including phenoxy) is 1. The zero-order valence-corrected chi connectivity index (χ0v) is 9.69. The summed E-state index contributed by atoms with van der Waals surface area (Å²) in [5, 5.41) is 12.2. The van der Waals surface area contributed by atoms with Crippen molar-refractivity contribution < 1.29 is 14.6 Å². The maximum absolute atomic E-state index is 10.7. The van der Waals surface area contributed by atoms with Crippen LogP contribution in [0.2, 0.25) is 0 Å². The zero-order valence-electron chi connectivity index (χ0n) is 9.69. The number of carboxylic acid groups (broad SMARTS) is 1. The molecule has 0 unspecified atom stereocenters. The third-order valence-corrected chi connectivity index (χ3v) is 2.96. The van der Waals surface area contributed by atoms with Gasteiger partial charge in [0.05, 0.1) is 12.2 Å². The van der Waals surface area contributed by atoms with E-state index in [4.69, 9.17) is 9.84 Å². The first-order valence-electron chi connectivity index (χ1n) is 5.89. The zero-order chi connectivity index (χ0) is 12.1. The van der Waals surface area contributed by atoms with Crippen LogP contribution in [0.4, 0.5) is 0 Å². The first-order chi connectivity index (χ1) is 8.25. The highest BCUT2D eigenvalue weighted by Gasteiger charge is 2.12. The van der Waals surface area contributed by atoms with Gasteiger partial charge in [-0.15, -0.1) is 0 Å². The Kier molecular flexibility index (Phi) is 4.12. The highest BCUT2D eigenvalue weighted by molar-refractivity contribution is 5.87. The fourth-order valence-corrected chi connectivity index (χ4v) is 1.93. The van der Waals surface area contributed by atoms with Crippen LogP contribution in [0.1, 0.15) is 28.8 Å². The van der Waals surface area contributed by atoms with Crippen molar-refractivity contribution in [3.8, 4) is 0 Å². The molecule has 2 N–H and O–H groups in total. The van der Waals surface area contributed by atoms with Crippen molar-refractivity contribution in [2.24, 2.45) is 0 Å². The van der Waals surface area contributed by atoms with Gasteiger partial charge in [-0.05, 0) is 30.5 Å². The number of hydrogen-bond acceptors (Lipinski definition) is 3. The van der Waals surface area contributed by atoms with Crippen LogP contribution in [-0.4, -0.2) is 30.3 Å². The Morgan fingerprint density at radius 2 is 2.18 bits per heavy atom. The van der Waals surface area contributed by atoms with Crippen LogP contribution in [0.3, 0.4) is 0 Å². The Morgan fingerprint density at radius 3 is 2.76 bits per heavy atom. The van der Waals surface area contributed by atoms with E-state index in [9.17, 15) is 4.79 Å². The third-order valence-electron chi connectivity index (χ3n) is 2.96. The van der Waals surface area contributed by atoms with Crippen molar-refractivity contribution in [1.29, 1.82) is 0 Å². The lowest BCUT2D eigenvalue weighted by Crippen LogP contribution is -2.36. The van der Waals surface area contributed by atoms with Crippen LogP contribution >= 0.6 is 0 Å². The van der Waals surface area contributed by atoms with E-state index in [1.807, 2.05) is 12.1 Å². The summed E-state index contributed by atoms with van der Waals surface area (Å²) in [4.78, 5) is 10.7. The van der Waals surface area contributed by atoms with Crippen LogP contribution < -0.4 is 5.32 Å². The van der Waals surface area contributed by atoms with Crippen molar-refractivity contribution in [2.75, 3.05) is 13.2 Å². The molecule has 2 rings (SSSR count). The van der Waals surface area contributed by atoms with Gasteiger partial charge >= 0.3 is 5.97 Å². The summed E-state index contributed by atoms with van der Waals surface area (Å²) in [5.74, 6) is -0.884. The number of hydrogen-bond donors (Lipinski definition) is 2. The summed E-state index contributed by atoms with van der Waals surface area (Å²) in [7, 11) is 0. The molecule has 1 heterocycles. The van der Waals surface area contributed by atoms with E-state index < -0.39 is 5.97 Å². The third kappa shape index (κ3) is 3.54. The van der Waals surface area contributed by atoms with E-state index in [2.05, 4.69) is 5.32 Å². The van der Waals surface area contributed by atoms with Gasteiger partial charge in [-0.1, -0.05) is 12.1 Å². The molecular weight excluding hydrogens is 218 g/mol. The molecule has 4 nitrogen and oxygen atoms in total. The molecule has 0 spiro atoms. The fourth-order valence-electron chi connectivity index (χ4n) is 1.93. The topological polar surface area (TPSA) is 58.6 Å². The molecule has 0 saturated carbocycles. The molecule has 0 radical (unpaired) electrons. The number of aromatic carboxylic acids is 1. The van der Waals surface area contributed by atoms with Crippen LogP contribution in [0.25, 0.3) is 0 Å². The quantitative estimate of drug-likeness (QED) is 0.833. The minimum atomic E-state index is -0.884. The molecule has 17 heavy (non-hydrogen) atoms. The second-order valence-electron chi connectivity index (χ2n) is 4.30. The van der Waals surface area contributed by atoms with Gasteiger partial charge in [0.15, 0.2) is 0 Å². The molecule has 0 aliphatic carbocycles. The van der Waals surface area contributed by atoms with E-state index in [-0.39, 0.29) is 0 Å². The Balaban J connectivity index is 1.84. The molecule has 1 atom stereocenters. The molecule has 1 aliphatic rings. The molecule has 92 valence electrons. The molecule has 0 aromatic heterocycles. The Labute approximate surface area is 101 Å². The van der Waals surface area contributed by atoms with E-state index in [1.54, 1.807) is 12.1 Å².